The van der Waals surface area contributed by atoms with Gasteiger partial charge in [-0.2, -0.15) is 0 Å². The largest absolute Gasteiger partial charge is 0.324 e. The number of hydrazine groups is 1. The van der Waals surface area contributed by atoms with E-state index in [9.17, 15) is 0 Å². The average Bonchev–Trinajstić information content (AvgIpc) is 1.95. The maximum atomic E-state index is 5.79. The van der Waals surface area contributed by atoms with Crippen molar-refractivity contribution in [1.29, 1.82) is 0 Å². The maximum absolute atomic E-state index is 5.79. The van der Waals surface area contributed by atoms with Crippen LogP contribution in [0.5, 0.6) is 0 Å². The first-order valence-electron chi connectivity index (χ1n) is 2.65. The van der Waals surface area contributed by atoms with Crippen LogP contribution < -0.4 is 11.3 Å². The van der Waals surface area contributed by atoms with Gasteiger partial charge in [0.15, 0.2) is 0 Å². The van der Waals surface area contributed by atoms with Crippen LogP contribution >= 0.6 is 34.2 Å². The molecule has 1 aromatic carbocycles. The van der Waals surface area contributed by atoms with Crippen molar-refractivity contribution in [3.63, 3.8) is 0 Å². The fourth-order valence-corrected chi connectivity index (χ4v) is 1.10. The number of hydrogen-bond donors (Lipinski definition) is 2. The first-order valence-corrected chi connectivity index (χ1v) is 4.11. The molecule has 54 valence electrons. The highest BCUT2D eigenvalue weighted by molar-refractivity contribution is 14.1. The number of halogens is 2. The zero-order valence-electron chi connectivity index (χ0n) is 5.07. The van der Waals surface area contributed by atoms with E-state index in [1.54, 1.807) is 6.07 Å². The molecule has 1 aromatic rings. The monoisotopic (exact) mass is 268 g/mol. The number of rotatable bonds is 1. The number of nitrogens with one attached hydrogen (secondary N) is 1. The van der Waals surface area contributed by atoms with Gasteiger partial charge in [-0.25, -0.2) is 0 Å². The molecule has 0 aliphatic rings. The second-order valence-corrected chi connectivity index (χ2v) is 3.34. The number of anilines is 1. The van der Waals surface area contributed by atoms with Crippen molar-refractivity contribution in [2.24, 2.45) is 5.84 Å². The SMILES string of the molecule is NNc1ccc(I)c(Cl)c1. The number of hydrogen-bond acceptors (Lipinski definition) is 2. The highest BCUT2D eigenvalue weighted by atomic mass is 127. The molecule has 0 fully saturated rings. The molecule has 0 amide bonds. The Labute approximate surface area is 77.9 Å². The van der Waals surface area contributed by atoms with Crippen molar-refractivity contribution in [3.8, 4) is 0 Å². The normalized spacial score (nSPS) is 9.50. The van der Waals surface area contributed by atoms with Crippen LogP contribution in [0.2, 0.25) is 5.02 Å². The highest BCUT2D eigenvalue weighted by Gasteiger charge is 1.95. The van der Waals surface area contributed by atoms with Gasteiger partial charge in [-0.1, -0.05) is 11.6 Å². The highest BCUT2D eigenvalue weighted by Crippen LogP contribution is 2.21. The van der Waals surface area contributed by atoms with Gasteiger partial charge in [-0.3, -0.25) is 5.84 Å². The van der Waals surface area contributed by atoms with E-state index in [-0.39, 0.29) is 0 Å². The minimum Gasteiger partial charge on any atom is -0.324 e. The van der Waals surface area contributed by atoms with Crippen LogP contribution in [0.15, 0.2) is 18.2 Å². The number of benzene rings is 1. The van der Waals surface area contributed by atoms with Gasteiger partial charge in [-0.15, -0.1) is 0 Å². The lowest BCUT2D eigenvalue weighted by molar-refractivity contribution is 1.35. The number of nitrogens with two attached hydrogens (primary N) is 1. The second kappa shape index (κ2) is 3.41. The van der Waals surface area contributed by atoms with Crippen molar-refractivity contribution in [2.45, 2.75) is 0 Å². The Hall–Kier alpha value is -0.0000000000000000555. The van der Waals surface area contributed by atoms with Gasteiger partial charge in [0.2, 0.25) is 0 Å². The summed E-state index contributed by atoms with van der Waals surface area (Å²) in [6, 6.07) is 5.55. The summed E-state index contributed by atoms with van der Waals surface area (Å²) >= 11 is 7.95. The predicted molar refractivity (Wildman–Crippen MR) is 52.0 cm³/mol. The Kier molecular flexibility index (Phi) is 2.76. The summed E-state index contributed by atoms with van der Waals surface area (Å²) in [4.78, 5) is 0. The minimum absolute atomic E-state index is 0.719. The fraction of sp³-hybridized carbons (Fsp3) is 0. The summed E-state index contributed by atoms with van der Waals surface area (Å²) in [6.07, 6.45) is 0. The Balaban J connectivity index is 3.04. The van der Waals surface area contributed by atoms with Crippen LogP contribution in [0.4, 0.5) is 5.69 Å². The Bertz CT molecular complexity index is 239. The molecule has 0 bridgehead atoms. The molecule has 0 aliphatic carbocycles. The molecule has 0 spiro atoms. The smallest absolute Gasteiger partial charge is 0.0560 e. The average molecular weight is 268 g/mol. The summed E-state index contributed by atoms with van der Waals surface area (Å²) < 4.78 is 1.03. The lowest BCUT2D eigenvalue weighted by Crippen LogP contribution is -2.06. The first-order chi connectivity index (χ1) is 4.74. The first kappa shape index (κ1) is 8.10. The van der Waals surface area contributed by atoms with Gasteiger partial charge in [0.1, 0.15) is 0 Å². The zero-order chi connectivity index (χ0) is 7.56. The zero-order valence-corrected chi connectivity index (χ0v) is 7.98. The molecular weight excluding hydrogens is 262 g/mol. The lowest BCUT2D eigenvalue weighted by Gasteiger charge is -2.00. The van der Waals surface area contributed by atoms with Crippen molar-refractivity contribution in [1.82, 2.24) is 0 Å². The van der Waals surface area contributed by atoms with E-state index in [0.29, 0.717) is 0 Å². The third kappa shape index (κ3) is 1.74. The third-order valence-electron chi connectivity index (χ3n) is 1.09. The summed E-state index contributed by atoms with van der Waals surface area (Å²) in [6.45, 7) is 0. The van der Waals surface area contributed by atoms with Crippen LogP contribution in [0.1, 0.15) is 0 Å². The minimum atomic E-state index is 0.719. The van der Waals surface area contributed by atoms with E-state index >= 15 is 0 Å². The van der Waals surface area contributed by atoms with Crippen LogP contribution in [-0.4, -0.2) is 0 Å². The van der Waals surface area contributed by atoms with E-state index in [0.717, 1.165) is 14.3 Å². The predicted octanol–water partition coefficient (Wildman–Crippen LogP) is 2.23. The fourth-order valence-electron chi connectivity index (χ4n) is 0.586. The Morgan fingerprint density at radius 2 is 2.20 bits per heavy atom. The lowest BCUT2D eigenvalue weighted by atomic mass is 10.3. The standard InChI is InChI=1S/C6H6ClIN2/c7-5-3-4(10-9)1-2-6(5)8/h1-3,10H,9H2. The molecule has 2 nitrogen and oxygen atoms in total. The van der Waals surface area contributed by atoms with Crippen LogP contribution in [0.3, 0.4) is 0 Å². The van der Waals surface area contributed by atoms with Crippen molar-refractivity contribution in [2.75, 3.05) is 5.43 Å². The molecule has 1 rings (SSSR count). The van der Waals surface area contributed by atoms with E-state index in [1.165, 1.54) is 0 Å². The third-order valence-corrected chi connectivity index (χ3v) is 2.66. The van der Waals surface area contributed by atoms with Crippen LogP contribution in [0, 0.1) is 3.57 Å². The van der Waals surface area contributed by atoms with E-state index in [2.05, 4.69) is 28.0 Å². The molecule has 0 saturated heterocycles. The summed E-state index contributed by atoms with van der Waals surface area (Å²) in [7, 11) is 0. The van der Waals surface area contributed by atoms with Crippen molar-refractivity contribution >= 4 is 39.9 Å². The van der Waals surface area contributed by atoms with Crippen LogP contribution in [0.25, 0.3) is 0 Å². The maximum Gasteiger partial charge on any atom is 0.0560 e. The molecule has 0 atom stereocenters. The Morgan fingerprint density at radius 3 is 2.70 bits per heavy atom. The molecule has 0 radical (unpaired) electrons. The molecular formula is C6H6ClIN2. The molecule has 4 heteroatoms. The van der Waals surface area contributed by atoms with E-state index in [4.69, 9.17) is 17.4 Å². The summed E-state index contributed by atoms with van der Waals surface area (Å²) in [5.41, 5.74) is 3.33. The molecule has 0 unspecified atom stereocenters. The quantitative estimate of drug-likeness (QED) is 0.466. The van der Waals surface area contributed by atoms with Crippen molar-refractivity contribution in [3.05, 3.63) is 26.8 Å². The molecule has 10 heavy (non-hydrogen) atoms. The van der Waals surface area contributed by atoms with E-state index < -0.39 is 0 Å². The molecule has 0 aromatic heterocycles. The molecule has 0 heterocycles. The van der Waals surface area contributed by atoms with Gasteiger partial charge in [0.05, 0.1) is 10.7 Å². The van der Waals surface area contributed by atoms with Gasteiger partial charge in [0.25, 0.3) is 0 Å². The Morgan fingerprint density at radius 1 is 1.50 bits per heavy atom. The van der Waals surface area contributed by atoms with Crippen LogP contribution in [-0.2, 0) is 0 Å². The number of nitrogen functional groups attached to an aromatic ring is 1. The topological polar surface area (TPSA) is 38.0 Å². The summed E-state index contributed by atoms with van der Waals surface area (Å²) in [5, 5.41) is 0.719. The summed E-state index contributed by atoms with van der Waals surface area (Å²) in [5.74, 6) is 5.16. The van der Waals surface area contributed by atoms with Crippen molar-refractivity contribution < 1.29 is 0 Å². The van der Waals surface area contributed by atoms with Gasteiger partial charge in [0, 0.05) is 3.57 Å². The van der Waals surface area contributed by atoms with E-state index in [1.807, 2.05) is 12.1 Å². The van der Waals surface area contributed by atoms with Gasteiger partial charge < -0.3 is 5.43 Å². The molecule has 0 saturated carbocycles. The molecule has 0 aliphatic heterocycles. The second-order valence-electron chi connectivity index (χ2n) is 1.77. The van der Waals surface area contributed by atoms with Gasteiger partial charge in [-0.05, 0) is 40.8 Å². The molecule has 3 N–H and O–H groups in total. The van der Waals surface area contributed by atoms with Gasteiger partial charge >= 0.3 is 0 Å².